The normalized spacial score (nSPS) is 26.8. The largest absolute Gasteiger partial charge is 0.308 e. The number of nitrogens with zero attached hydrogens (tertiary/aromatic N) is 1. The summed E-state index contributed by atoms with van der Waals surface area (Å²) >= 11 is 3.89. The monoisotopic (exact) mass is 242 g/mol. The summed E-state index contributed by atoms with van der Waals surface area (Å²) in [4.78, 5) is 5.63. The van der Waals surface area contributed by atoms with Crippen LogP contribution in [-0.2, 0) is 6.54 Å². The Bertz CT molecular complexity index is 311. The molecule has 2 rings (SSSR count). The molecule has 2 unspecified atom stereocenters. The van der Waals surface area contributed by atoms with Gasteiger partial charge < -0.3 is 5.32 Å². The highest BCUT2D eigenvalue weighted by Gasteiger charge is 2.20. The maximum Gasteiger partial charge on any atom is 0.0897 e. The van der Waals surface area contributed by atoms with E-state index in [4.69, 9.17) is 0 Å². The molecule has 0 aromatic carbocycles. The van der Waals surface area contributed by atoms with E-state index in [1.807, 2.05) is 6.20 Å². The van der Waals surface area contributed by atoms with Gasteiger partial charge in [0.1, 0.15) is 0 Å². The molecule has 1 aromatic heterocycles. The van der Waals surface area contributed by atoms with E-state index in [1.165, 1.54) is 23.5 Å². The first-order valence-electron chi connectivity index (χ1n) is 5.52. The lowest BCUT2D eigenvalue weighted by atomic mass is 10.1. The second-order valence-corrected chi connectivity index (χ2v) is 6.86. The molecule has 1 aliphatic heterocycles. The second kappa shape index (κ2) is 5.32. The van der Waals surface area contributed by atoms with E-state index in [0.717, 1.165) is 16.8 Å². The number of aryl methyl sites for hydroxylation is 1. The number of nitrogens with one attached hydrogen (secondary N) is 1. The number of hydrogen-bond acceptors (Lipinski definition) is 4. The van der Waals surface area contributed by atoms with Crippen molar-refractivity contribution < 1.29 is 0 Å². The fraction of sp³-hybridized carbons (Fsp3) is 0.727. The molecule has 0 amide bonds. The van der Waals surface area contributed by atoms with Crippen molar-refractivity contribution in [3.05, 3.63) is 16.1 Å². The molecule has 0 radical (unpaired) electrons. The molecule has 4 heteroatoms. The van der Waals surface area contributed by atoms with Crippen LogP contribution in [0.3, 0.4) is 0 Å². The zero-order chi connectivity index (χ0) is 10.7. The van der Waals surface area contributed by atoms with Crippen molar-refractivity contribution in [3.63, 3.8) is 0 Å². The molecule has 15 heavy (non-hydrogen) atoms. The number of aromatic nitrogens is 1. The maximum atomic E-state index is 4.27. The third-order valence-electron chi connectivity index (χ3n) is 2.81. The zero-order valence-electron chi connectivity index (χ0n) is 9.32. The van der Waals surface area contributed by atoms with Crippen molar-refractivity contribution in [2.45, 2.75) is 44.5 Å². The topological polar surface area (TPSA) is 24.9 Å². The van der Waals surface area contributed by atoms with Gasteiger partial charge in [-0.15, -0.1) is 11.3 Å². The van der Waals surface area contributed by atoms with Gasteiger partial charge in [-0.25, -0.2) is 4.98 Å². The molecule has 1 N–H and O–H groups in total. The molecular formula is C11H18N2S2. The summed E-state index contributed by atoms with van der Waals surface area (Å²) in [6.07, 6.45) is 4.67. The van der Waals surface area contributed by atoms with Gasteiger partial charge in [0.15, 0.2) is 0 Å². The molecule has 2 nitrogen and oxygen atoms in total. The molecule has 1 aliphatic rings. The van der Waals surface area contributed by atoms with Crippen LogP contribution >= 0.6 is 23.1 Å². The van der Waals surface area contributed by atoms with Gasteiger partial charge in [0.25, 0.3) is 0 Å². The van der Waals surface area contributed by atoms with Crippen LogP contribution in [0.1, 0.15) is 29.7 Å². The Kier molecular flexibility index (Phi) is 4.05. The van der Waals surface area contributed by atoms with Crippen LogP contribution in [0.15, 0.2) is 6.20 Å². The Morgan fingerprint density at radius 2 is 2.47 bits per heavy atom. The molecule has 1 fully saturated rings. The molecular weight excluding hydrogens is 224 g/mol. The average Bonchev–Trinajstić information content (AvgIpc) is 2.63. The van der Waals surface area contributed by atoms with E-state index in [0.29, 0.717) is 6.04 Å². The van der Waals surface area contributed by atoms with Gasteiger partial charge in [0.2, 0.25) is 0 Å². The lowest BCUT2D eigenvalue weighted by molar-refractivity contribution is 0.464. The highest BCUT2D eigenvalue weighted by Crippen LogP contribution is 2.25. The zero-order valence-corrected chi connectivity index (χ0v) is 11.0. The first kappa shape index (κ1) is 11.4. The van der Waals surface area contributed by atoms with E-state index < -0.39 is 0 Å². The van der Waals surface area contributed by atoms with Crippen LogP contribution in [-0.4, -0.2) is 22.0 Å². The molecule has 2 heterocycles. The number of hydrogen-bond donors (Lipinski definition) is 1. The van der Waals surface area contributed by atoms with Crippen molar-refractivity contribution >= 4 is 23.1 Å². The Labute approximate surface area is 99.9 Å². The van der Waals surface area contributed by atoms with Crippen LogP contribution in [0.2, 0.25) is 0 Å². The SMILES string of the molecule is Cc1ncc(CNC2CCCSC2C)s1. The van der Waals surface area contributed by atoms with Gasteiger partial charge in [0.05, 0.1) is 5.01 Å². The predicted octanol–water partition coefficient (Wildman–Crippen LogP) is 2.83. The van der Waals surface area contributed by atoms with Crippen LogP contribution in [0.4, 0.5) is 0 Å². The summed E-state index contributed by atoms with van der Waals surface area (Å²) in [7, 11) is 0. The molecule has 0 saturated carbocycles. The minimum atomic E-state index is 0.686. The van der Waals surface area contributed by atoms with E-state index in [-0.39, 0.29) is 0 Å². The minimum Gasteiger partial charge on any atom is -0.308 e. The Morgan fingerprint density at radius 1 is 1.60 bits per heavy atom. The van der Waals surface area contributed by atoms with Gasteiger partial charge in [-0.05, 0) is 25.5 Å². The second-order valence-electron chi connectivity index (χ2n) is 4.05. The molecule has 1 aromatic rings. The first-order valence-corrected chi connectivity index (χ1v) is 7.38. The summed E-state index contributed by atoms with van der Waals surface area (Å²) in [6.45, 7) is 5.38. The molecule has 2 atom stereocenters. The molecule has 84 valence electrons. The Balaban J connectivity index is 1.81. The minimum absolute atomic E-state index is 0.686. The van der Waals surface area contributed by atoms with E-state index in [2.05, 4.69) is 35.9 Å². The highest BCUT2D eigenvalue weighted by molar-refractivity contribution is 7.99. The van der Waals surface area contributed by atoms with Crippen molar-refractivity contribution in [1.82, 2.24) is 10.3 Å². The first-order chi connectivity index (χ1) is 7.25. The molecule has 0 aliphatic carbocycles. The molecule has 0 bridgehead atoms. The Hall–Kier alpha value is -0.0600. The fourth-order valence-corrected chi connectivity index (χ4v) is 3.83. The third kappa shape index (κ3) is 3.20. The van der Waals surface area contributed by atoms with Gasteiger partial charge >= 0.3 is 0 Å². The maximum absolute atomic E-state index is 4.27. The highest BCUT2D eigenvalue weighted by atomic mass is 32.2. The van der Waals surface area contributed by atoms with Crippen molar-refractivity contribution in [2.75, 3.05) is 5.75 Å². The van der Waals surface area contributed by atoms with E-state index in [9.17, 15) is 0 Å². The van der Waals surface area contributed by atoms with Crippen molar-refractivity contribution in [3.8, 4) is 0 Å². The predicted molar refractivity (Wildman–Crippen MR) is 68.6 cm³/mol. The van der Waals surface area contributed by atoms with Crippen LogP contribution in [0.5, 0.6) is 0 Å². The van der Waals surface area contributed by atoms with Crippen molar-refractivity contribution in [2.24, 2.45) is 0 Å². The Morgan fingerprint density at radius 3 is 3.13 bits per heavy atom. The van der Waals surface area contributed by atoms with E-state index in [1.54, 1.807) is 11.3 Å². The van der Waals surface area contributed by atoms with Crippen LogP contribution < -0.4 is 5.32 Å². The molecule has 1 saturated heterocycles. The lowest BCUT2D eigenvalue weighted by Crippen LogP contribution is -2.38. The van der Waals surface area contributed by atoms with Gasteiger partial charge in [-0.3, -0.25) is 0 Å². The van der Waals surface area contributed by atoms with Gasteiger partial charge in [-0.1, -0.05) is 6.92 Å². The quantitative estimate of drug-likeness (QED) is 0.882. The number of rotatable bonds is 3. The van der Waals surface area contributed by atoms with Crippen LogP contribution in [0, 0.1) is 6.92 Å². The summed E-state index contributed by atoms with van der Waals surface area (Å²) in [5, 5.41) is 5.57. The molecule has 0 spiro atoms. The average molecular weight is 242 g/mol. The lowest BCUT2D eigenvalue weighted by Gasteiger charge is -2.29. The summed E-state index contributed by atoms with van der Waals surface area (Å²) in [5.41, 5.74) is 0. The van der Waals surface area contributed by atoms with Gasteiger partial charge in [0, 0.05) is 28.9 Å². The van der Waals surface area contributed by atoms with E-state index >= 15 is 0 Å². The fourth-order valence-electron chi connectivity index (χ4n) is 1.91. The third-order valence-corrected chi connectivity index (χ3v) is 5.11. The van der Waals surface area contributed by atoms with Crippen LogP contribution in [0.25, 0.3) is 0 Å². The number of thiazole rings is 1. The standard InChI is InChI=1S/C11H18N2S2/c1-8-11(4-3-5-14-8)13-7-10-6-12-9(2)15-10/h6,8,11,13H,3-5,7H2,1-2H3. The smallest absolute Gasteiger partial charge is 0.0897 e. The van der Waals surface area contributed by atoms with Crippen molar-refractivity contribution in [1.29, 1.82) is 0 Å². The summed E-state index contributed by atoms with van der Waals surface area (Å²) in [6, 6.07) is 0.686. The summed E-state index contributed by atoms with van der Waals surface area (Å²) < 4.78 is 0. The summed E-state index contributed by atoms with van der Waals surface area (Å²) in [5.74, 6) is 1.33. The number of thioether (sulfide) groups is 1. The van der Waals surface area contributed by atoms with Gasteiger partial charge in [-0.2, -0.15) is 11.8 Å².